The molecule has 1 aromatic rings. The summed E-state index contributed by atoms with van der Waals surface area (Å²) in [7, 11) is 0. The minimum absolute atomic E-state index is 0.0161. The van der Waals surface area contributed by atoms with Crippen LogP contribution in [0.1, 0.15) is 29.8 Å². The first-order valence-corrected chi connectivity index (χ1v) is 7.09. The van der Waals surface area contributed by atoms with Crippen LogP contribution < -0.4 is 4.74 Å². The zero-order valence-electron chi connectivity index (χ0n) is 10.8. The maximum Gasteiger partial charge on any atom is 0.347 e. The number of ether oxygens (including phenoxy) is 2. The predicted molar refractivity (Wildman–Crippen MR) is 73.9 cm³/mol. The van der Waals surface area contributed by atoms with Crippen molar-refractivity contribution in [3.63, 3.8) is 0 Å². The van der Waals surface area contributed by atoms with Crippen molar-refractivity contribution in [2.45, 2.75) is 31.2 Å². The monoisotopic (exact) mass is 326 g/mol. The van der Waals surface area contributed by atoms with Gasteiger partial charge in [0.1, 0.15) is 5.75 Å². The highest BCUT2D eigenvalue weighted by Crippen LogP contribution is 2.30. The van der Waals surface area contributed by atoms with Crippen LogP contribution in [-0.2, 0) is 16.0 Å². The molecule has 0 N–H and O–H groups in total. The van der Waals surface area contributed by atoms with E-state index in [1.165, 1.54) is 0 Å². The molecule has 0 aromatic heterocycles. The molecule has 0 spiro atoms. The summed E-state index contributed by atoms with van der Waals surface area (Å²) in [6, 6.07) is 5.23. The average Bonchev–Trinajstić information content (AvgIpc) is 2.80. The van der Waals surface area contributed by atoms with Gasteiger partial charge in [-0.25, -0.2) is 4.79 Å². The minimum atomic E-state index is -0.596. The van der Waals surface area contributed by atoms with Gasteiger partial charge in [-0.2, -0.15) is 0 Å². The van der Waals surface area contributed by atoms with E-state index in [-0.39, 0.29) is 16.6 Å². The second kappa shape index (κ2) is 5.74. The van der Waals surface area contributed by atoms with Crippen LogP contribution in [0.4, 0.5) is 0 Å². The summed E-state index contributed by atoms with van der Waals surface area (Å²) in [6.45, 7) is 3.88. The van der Waals surface area contributed by atoms with Gasteiger partial charge in [-0.1, -0.05) is 15.9 Å². The van der Waals surface area contributed by atoms with Gasteiger partial charge in [0.15, 0.2) is 11.9 Å². The summed E-state index contributed by atoms with van der Waals surface area (Å²) in [6.07, 6.45) is -0.145. The summed E-state index contributed by atoms with van der Waals surface area (Å²) in [4.78, 5) is 23.3. The van der Waals surface area contributed by atoms with Crippen molar-refractivity contribution in [2.75, 3.05) is 6.61 Å². The van der Waals surface area contributed by atoms with E-state index >= 15 is 0 Å². The Morgan fingerprint density at radius 3 is 2.89 bits per heavy atom. The molecule has 19 heavy (non-hydrogen) atoms. The summed E-state index contributed by atoms with van der Waals surface area (Å²) in [5, 5.41) is 0. The van der Waals surface area contributed by atoms with Gasteiger partial charge in [-0.15, -0.1) is 0 Å². The molecule has 0 radical (unpaired) electrons. The van der Waals surface area contributed by atoms with E-state index in [0.717, 1.165) is 5.56 Å². The van der Waals surface area contributed by atoms with Crippen LogP contribution in [0, 0.1) is 0 Å². The fraction of sp³-hybridized carbons (Fsp3) is 0.429. The zero-order valence-corrected chi connectivity index (χ0v) is 12.4. The first-order valence-electron chi connectivity index (χ1n) is 6.17. The molecule has 0 fully saturated rings. The SMILES string of the molecule is CCOC(=O)C1Cc2cc(C(=O)C(C)Br)ccc2O1. The molecule has 0 aliphatic carbocycles. The lowest BCUT2D eigenvalue weighted by atomic mass is 10.0. The Balaban J connectivity index is 2.16. The molecular formula is C14H15BrO4. The van der Waals surface area contributed by atoms with Crippen molar-refractivity contribution >= 4 is 27.7 Å². The third-order valence-corrected chi connectivity index (χ3v) is 3.35. The molecular weight excluding hydrogens is 312 g/mol. The van der Waals surface area contributed by atoms with Crippen molar-refractivity contribution in [2.24, 2.45) is 0 Å². The summed E-state index contributed by atoms with van der Waals surface area (Å²) in [5.74, 6) is 0.305. The number of carbonyl (C=O) groups is 2. The summed E-state index contributed by atoms with van der Waals surface area (Å²) < 4.78 is 10.5. The maximum atomic E-state index is 11.9. The smallest absolute Gasteiger partial charge is 0.347 e. The largest absolute Gasteiger partial charge is 0.478 e. The number of alkyl halides is 1. The van der Waals surface area contributed by atoms with Gasteiger partial charge < -0.3 is 9.47 Å². The molecule has 5 heteroatoms. The Morgan fingerprint density at radius 2 is 2.26 bits per heavy atom. The van der Waals surface area contributed by atoms with Crippen LogP contribution in [0.5, 0.6) is 5.75 Å². The quantitative estimate of drug-likeness (QED) is 0.484. The highest BCUT2D eigenvalue weighted by atomic mass is 79.9. The molecule has 0 bridgehead atoms. The van der Waals surface area contributed by atoms with Crippen LogP contribution >= 0.6 is 15.9 Å². The van der Waals surface area contributed by atoms with Gasteiger partial charge >= 0.3 is 5.97 Å². The van der Waals surface area contributed by atoms with Crippen LogP contribution in [-0.4, -0.2) is 29.3 Å². The molecule has 0 amide bonds. The Hall–Kier alpha value is -1.36. The number of hydrogen-bond acceptors (Lipinski definition) is 4. The summed E-state index contributed by atoms with van der Waals surface area (Å²) >= 11 is 3.26. The van der Waals surface area contributed by atoms with Gasteiger partial charge in [0.05, 0.1) is 11.4 Å². The fourth-order valence-electron chi connectivity index (χ4n) is 2.00. The molecule has 1 aliphatic rings. The van der Waals surface area contributed by atoms with Gasteiger partial charge in [-0.05, 0) is 37.6 Å². The fourth-order valence-corrected chi connectivity index (χ4v) is 2.26. The van der Waals surface area contributed by atoms with E-state index in [1.807, 2.05) is 0 Å². The number of halogens is 1. The van der Waals surface area contributed by atoms with E-state index in [0.29, 0.717) is 24.3 Å². The van der Waals surface area contributed by atoms with Gasteiger partial charge in [-0.3, -0.25) is 4.79 Å². The molecule has 1 aliphatic heterocycles. The third kappa shape index (κ3) is 2.97. The van der Waals surface area contributed by atoms with Crippen LogP contribution in [0.15, 0.2) is 18.2 Å². The van der Waals surface area contributed by atoms with Crippen molar-refractivity contribution in [1.82, 2.24) is 0 Å². The zero-order chi connectivity index (χ0) is 14.0. The van der Waals surface area contributed by atoms with Gasteiger partial charge in [0, 0.05) is 12.0 Å². The van der Waals surface area contributed by atoms with Crippen molar-refractivity contribution in [1.29, 1.82) is 0 Å². The number of Topliss-reactive ketones (excluding diaryl/α,β-unsaturated/α-hetero) is 1. The highest BCUT2D eigenvalue weighted by Gasteiger charge is 2.30. The van der Waals surface area contributed by atoms with E-state index in [2.05, 4.69) is 15.9 Å². The summed E-state index contributed by atoms with van der Waals surface area (Å²) in [5.41, 5.74) is 1.49. The normalized spacial score (nSPS) is 18.4. The molecule has 102 valence electrons. The molecule has 1 heterocycles. The maximum absolute atomic E-state index is 11.9. The van der Waals surface area contributed by atoms with Crippen LogP contribution in [0.2, 0.25) is 0 Å². The van der Waals surface area contributed by atoms with E-state index in [4.69, 9.17) is 9.47 Å². The van der Waals surface area contributed by atoms with E-state index in [9.17, 15) is 9.59 Å². The highest BCUT2D eigenvalue weighted by molar-refractivity contribution is 9.10. The Morgan fingerprint density at radius 1 is 1.53 bits per heavy atom. The second-order valence-corrected chi connectivity index (χ2v) is 5.74. The number of hydrogen-bond donors (Lipinski definition) is 0. The molecule has 4 nitrogen and oxygen atoms in total. The number of benzene rings is 1. The standard InChI is InChI=1S/C14H15BrO4/c1-3-18-14(17)12-7-10-6-9(13(16)8(2)15)4-5-11(10)19-12/h4-6,8,12H,3,7H2,1-2H3. The predicted octanol–water partition coefficient (Wildman–Crippen LogP) is 2.52. The second-order valence-electron chi connectivity index (χ2n) is 4.37. The lowest BCUT2D eigenvalue weighted by molar-refractivity contribution is -0.150. The van der Waals surface area contributed by atoms with Crippen molar-refractivity contribution in [3.05, 3.63) is 29.3 Å². The molecule has 2 atom stereocenters. The first kappa shape index (κ1) is 14.1. The molecule has 0 saturated carbocycles. The number of rotatable bonds is 4. The molecule has 1 aromatic carbocycles. The van der Waals surface area contributed by atoms with Gasteiger partial charge in [0.25, 0.3) is 0 Å². The Kier molecular flexibility index (Phi) is 4.24. The van der Waals surface area contributed by atoms with Crippen molar-refractivity contribution in [3.8, 4) is 5.75 Å². The number of fused-ring (bicyclic) bond motifs is 1. The van der Waals surface area contributed by atoms with Crippen molar-refractivity contribution < 1.29 is 19.1 Å². The third-order valence-electron chi connectivity index (χ3n) is 2.93. The first-order chi connectivity index (χ1) is 9.02. The van der Waals surface area contributed by atoms with E-state index in [1.54, 1.807) is 32.0 Å². The molecule has 2 unspecified atom stereocenters. The lowest BCUT2D eigenvalue weighted by Gasteiger charge is -2.08. The minimum Gasteiger partial charge on any atom is -0.478 e. The van der Waals surface area contributed by atoms with Gasteiger partial charge in [0.2, 0.25) is 0 Å². The van der Waals surface area contributed by atoms with Crippen LogP contribution in [0.25, 0.3) is 0 Å². The Labute approximate surface area is 120 Å². The molecule has 2 rings (SSSR count). The number of ketones is 1. The Bertz CT molecular complexity index is 510. The van der Waals surface area contributed by atoms with E-state index < -0.39 is 6.10 Å². The molecule has 0 saturated heterocycles. The lowest BCUT2D eigenvalue weighted by Crippen LogP contribution is -2.27. The number of carbonyl (C=O) groups excluding carboxylic acids is 2. The average molecular weight is 327 g/mol. The van der Waals surface area contributed by atoms with Crippen LogP contribution in [0.3, 0.4) is 0 Å². The number of esters is 1. The topological polar surface area (TPSA) is 52.6 Å².